The molecule has 0 amide bonds. The largest absolute Gasteiger partial charge is 0.316 e. The van der Waals surface area contributed by atoms with Crippen LogP contribution in [0.3, 0.4) is 0 Å². The van der Waals surface area contributed by atoms with Gasteiger partial charge in [0.05, 0.1) is 0 Å². The fraction of sp³-hybridized carbons (Fsp3) is 0.875. The van der Waals surface area contributed by atoms with Gasteiger partial charge in [0, 0.05) is 12.8 Å². The third-order valence-electron chi connectivity index (χ3n) is 2.07. The number of Topliss-reactive ketones (excluding diaryl/α,β-unsaturated/α-hetero) is 1. The number of rotatable bonds is 3. The highest BCUT2D eigenvalue weighted by molar-refractivity contribution is 5.78. The van der Waals surface area contributed by atoms with Crippen molar-refractivity contribution < 1.29 is 4.79 Å². The second kappa shape index (κ2) is 3.71. The molecular formula is C8H15NO. The van der Waals surface area contributed by atoms with Crippen LogP contribution < -0.4 is 5.32 Å². The second-order valence-electron chi connectivity index (χ2n) is 2.96. The van der Waals surface area contributed by atoms with Crippen molar-refractivity contribution in [2.45, 2.75) is 26.2 Å². The molecule has 0 aliphatic carbocycles. The predicted molar refractivity (Wildman–Crippen MR) is 40.9 cm³/mol. The lowest BCUT2D eigenvalue weighted by molar-refractivity contribution is -0.119. The van der Waals surface area contributed by atoms with E-state index in [1.807, 2.05) is 6.92 Å². The maximum absolute atomic E-state index is 10.9. The van der Waals surface area contributed by atoms with E-state index in [2.05, 4.69) is 5.32 Å². The molecule has 0 radical (unpaired) electrons. The Morgan fingerprint density at radius 3 is 3.00 bits per heavy atom. The van der Waals surface area contributed by atoms with Crippen LogP contribution in [0.4, 0.5) is 0 Å². The Bertz CT molecular complexity index is 116. The zero-order valence-electron chi connectivity index (χ0n) is 6.52. The summed E-state index contributed by atoms with van der Waals surface area (Å²) in [5, 5.41) is 3.25. The molecule has 0 aromatic rings. The Hall–Kier alpha value is -0.370. The van der Waals surface area contributed by atoms with Crippen molar-refractivity contribution in [3.63, 3.8) is 0 Å². The van der Waals surface area contributed by atoms with Gasteiger partial charge in [-0.3, -0.25) is 4.79 Å². The Morgan fingerprint density at radius 2 is 2.50 bits per heavy atom. The molecule has 2 heteroatoms. The third kappa shape index (κ3) is 2.10. The van der Waals surface area contributed by atoms with E-state index < -0.39 is 0 Å². The van der Waals surface area contributed by atoms with Crippen molar-refractivity contribution in [1.29, 1.82) is 0 Å². The minimum Gasteiger partial charge on any atom is -0.316 e. The van der Waals surface area contributed by atoms with Crippen molar-refractivity contribution >= 4 is 5.78 Å². The topological polar surface area (TPSA) is 29.1 Å². The molecule has 2 nitrogen and oxygen atoms in total. The van der Waals surface area contributed by atoms with Gasteiger partial charge in [0.1, 0.15) is 5.78 Å². The van der Waals surface area contributed by atoms with E-state index in [1.54, 1.807) is 0 Å². The zero-order chi connectivity index (χ0) is 7.40. The highest BCUT2D eigenvalue weighted by Gasteiger charge is 2.16. The number of hydrogen-bond donors (Lipinski definition) is 1. The second-order valence-corrected chi connectivity index (χ2v) is 2.96. The van der Waals surface area contributed by atoms with Gasteiger partial charge in [-0.05, 0) is 25.4 Å². The first-order valence-corrected chi connectivity index (χ1v) is 4.05. The first-order valence-electron chi connectivity index (χ1n) is 4.05. The van der Waals surface area contributed by atoms with Crippen LogP contribution in [-0.2, 0) is 4.79 Å². The minimum absolute atomic E-state index is 0.411. The van der Waals surface area contributed by atoms with Gasteiger partial charge in [0.2, 0.25) is 0 Å². The highest BCUT2D eigenvalue weighted by atomic mass is 16.1. The fourth-order valence-corrected chi connectivity index (χ4v) is 1.35. The molecule has 0 spiro atoms. The van der Waals surface area contributed by atoms with E-state index in [4.69, 9.17) is 0 Å². The minimum atomic E-state index is 0.411. The lowest BCUT2D eigenvalue weighted by atomic mass is 10.0. The zero-order valence-corrected chi connectivity index (χ0v) is 6.52. The van der Waals surface area contributed by atoms with Crippen LogP contribution in [0.15, 0.2) is 0 Å². The molecule has 1 heterocycles. The summed E-state index contributed by atoms with van der Waals surface area (Å²) in [5.74, 6) is 1.04. The van der Waals surface area contributed by atoms with Crippen LogP contribution in [-0.4, -0.2) is 18.9 Å². The molecular weight excluding hydrogens is 126 g/mol. The van der Waals surface area contributed by atoms with Gasteiger partial charge >= 0.3 is 0 Å². The molecule has 10 heavy (non-hydrogen) atoms. The Labute approximate surface area is 62.0 Å². The van der Waals surface area contributed by atoms with Gasteiger partial charge in [0.15, 0.2) is 0 Å². The Morgan fingerprint density at radius 1 is 1.70 bits per heavy atom. The van der Waals surface area contributed by atoms with Crippen molar-refractivity contribution in [3.05, 3.63) is 0 Å². The van der Waals surface area contributed by atoms with Crippen LogP contribution in [0.1, 0.15) is 26.2 Å². The van der Waals surface area contributed by atoms with E-state index in [0.29, 0.717) is 18.1 Å². The van der Waals surface area contributed by atoms with Gasteiger partial charge in [-0.25, -0.2) is 0 Å². The van der Waals surface area contributed by atoms with Gasteiger partial charge in [-0.1, -0.05) is 6.92 Å². The van der Waals surface area contributed by atoms with Crippen LogP contribution in [0, 0.1) is 5.92 Å². The van der Waals surface area contributed by atoms with Gasteiger partial charge < -0.3 is 5.32 Å². The molecule has 1 unspecified atom stereocenters. The Kier molecular flexibility index (Phi) is 2.87. The van der Waals surface area contributed by atoms with Gasteiger partial charge in [0.25, 0.3) is 0 Å². The van der Waals surface area contributed by atoms with E-state index in [1.165, 1.54) is 6.42 Å². The first kappa shape index (κ1) is 7.73. The van der Waals surface area contributed by atoms with Crippen LogP contribution >= 0.6 is 0 Å². The number of carbonyl (C=O) groups is 1. The first-order chi connectivity index (χ1) is 4.83. The highest BCUT2D eigenvalue weighted by Crippen LogP contribution is 2.12. The average Bonchev–Trinajstić information content (AvgIpc) is 2.40. The standard InChI is InChI=1S/C8H15NO/c1-2-8(10)5-7-3-4-9-6-7/h7,9H,2-6H2,1H3. The van der Waals surface area contributed by atoms with Crippen LogP contribution in [0.2, 0.25) is 0 Å². The summed E-state index contributed by atoms with van der Waals surface area (Å²) in [6, 6.07) is 0. The summed E-state index contributed by atoms with van der Waals surface area (Å²) in [6.45, 7) is 4.08. The maximum atomic E-state index is 10.9. The maximum Gasteiger partial charge on any atom is 0.132 e. The number of ketones is 1. The van der Waals surface area contributed by atoms with Crippen molar-refractivity contribution in [2.24, 2.45) is 5.92 Å². The number of carbonyl (C=O) groups excluding carboxylic acids is 1. The van der Waals surface area contributed by atoms with Gasteiger partial charge in [-0.2, -0.15) is 0 Å². The normalized spacial score (nSPS) is 25.1. The molecule has 1 aliphatic rings. The molecule has 1 saturated heterocycles. The molecule has 0 saturated carbocycles. The Balaban J connectivity index is 2.17. The summed E-state index contributed by atoms with van der Waals surface area (Å²) in [5.41, 5.74) is 0. The summed E-state index contributed by atoms with van der Waals surface area (Å²) in [6.07, 6.45) is 2.69. The van der Waals surface area contributed by atoms with E-state index >= 15 is 0 Å². The summed E-state index contributed by atoms with van der Waals surface area (Å²) in [7, 11) is 0. The van der Waals surface area contributed by atoms with Crippen LogP contribution in [0.25, 0.3) is 0 Å². The summed E-state index contributed by atoms with van der Waals surface area (Å²) >= 11 is 0. The van der Waals surface area contributed by atoms with Crippen LogP contribution in [0.5, 0.6) is 0 Å². The average molecular weight is 141 g/mol. The molecule has 0 aromatic heterocycles. The molecule has 1 atom stereocenters. The van der Waals surface area contributed by atoms with E-state index in [0.717, 1.165) is 19.5 Å². The van der Waals surface area contributed by atoms with E-state index in [9.17, 15) is 4.79 Å². The fourth-order valence-electron chi connectivity index (χ4n) is 1.35. The SMILES string of the molecule is CCC(=O)CC1CCNC1. The quantitative estimate of drug-likeness (QED) is 0.634. The molecule has 0 bridgehead atoms. The summed E-state index contributed by atoms with van der Waals surface area (Å²) in [4.78, 5) is 10.9. The molecule has 1 fully saturated rings. The lowest BCUT2D eigenvalue weighted by Crippen LogP contribution is -2.11. The summed E-state index contributed by atoms with van der Waals surface area (Å²) < 4.78 is 0. The van der Waals surface area contributed by atoms with Gasteiger partial charge in [-0.15, -0.1) is 0 Å². The van der Waals surface area contributed by atoms with Crippen molar-refractivity contribution in [3.8, 4) is 0 Å². The molecule has 58 valence electrons. The number of hydrogen-bond acceptors (Lipinski definition) is 2. The number of nitrogens with one attached hydrogen (secondary N) is 1. The lowest BCUT2D eigenvalue weighted by Gasteiger charge is -2.03. The monoisotopic (exact) mass is 141 g/mol. The molecule has 1 N–H and O–H groups in total. The molecule has 0 aromatic carbocycles. The van der Waals surface area contributed by atoms with Crippen molar-refractivity contribution in [1.82, 2.24) is 5.32 Å². The molecule has 1 aliphatic heterocycles. The smallest absolute Gasteiger partial charge is 0.132 e. The van der Waals surface area contributed by atoms with Crippen molar-refractivity contribution in [2.75, 3.05) is 13.1 Å². The predicted octanol–water partition coefficient (Wildman–Crippen LogP) is 0.965. The molecule has 1 rings (SSSR count). The van der Waals surface area contributed by atoms with E-state index in [-0.39, 0.29) is 0 Å². The third-order valence-corrected chi connectivity index (χ3v) is 2.07.